The number of rotatable bonds is 54. The van der Waals surface area contributed by atoms with Crippen LogP contribution in [0.3, 0.4) is 0 Å². The molecule has 1 aromatic carbocycles. The van der Waals surface area contributed by atoms with Crippen molar-refractivity contribution in [2.75, 3.05) is 18.8 Å². The first-order valence-electron chi connectivity index (χ1n) is 39.2. The Morgan fingerprint density at radius 1 is 0.471 bits per heavy atom. The quantitative estimate of drug-likeness (QED) is 0.0216. The molecule has 3 rings (SSSR count). The van der Waals surface area contributed by atoms with E-state index in [9.17, 15) is 116 Å². The number of amides is 19. The van der Waals surface area contributed by atoms with E-state index in [2.05, 4.69) is 81.4 Å². The normalized spacial score (nSPS) is 17.0. The Labute approximate surface area is 701 Å². The van der Waals surface area contributed by atoms with Gasteiger partial charge in [-0.05, 0) is 109 Å². The second-order valence-corrected chi connectivity index (χ2v) is 30.5. The second-order valence-electron chi connectivity index (χ2n) is 30.1. The maximum atomic E-state index is 14.6. The van der Waals surface area contributed by atoms with Crippen LogP contribution in [0.4, 0.5) is 0 Å². The summed E-state index contributed by atoms with van der Waals surface area (Å²) < 4.78 is 0. The molecule has 0 bridgehead atoms. The minimum atomic E-state index is -2.02. The highest BCUT2D eigenvalue weighted by Crippen LogP contribution is 2.23. The molecule has 2 heterocycles. The van der Waals surface area contributed by atoms with Gasteiger partial charge in [0.1, 0.15) is 84.6 Å². The number of aromatic amines is 1. The Bertz CT molecular complexity index is 4030. The van der Waals surface area contributed by atoms with E-state index in [-0.39, 0.29) is 58.0 Å². The molecule has 46 nitrogen and oxygen atoms in total. The molecule has 0 aliphatic carbocycles. The number of para-hydroxylation sites is 1. The number of hydrogen-bond acceptors (Lipinski definition) is 26. The minimum Gasteiger partial charge on any atom is -0.480 e. The molecule has 674 valence electrons. The Morgan fingerprint density at radius 2 is 0.868 bits per heavy atom. The fourth-order valence-corrected chi connectivity index (χ4v) is 12.8. The van der Waals surface area contributed by atoms with Crippen LogP contribution in [0.15, 0.2) is 30.5 Å². The number of aliphatic hydroxyl groups is 3. The molecule has 1 fully saturated rings. The van der Waals surface area contributed by atoms with Crippen LogP contribution < -0.4 is 109 Å². The number of aliphatic carboxylic acids is 1. The molecule has 1 aliphatic rings. The number of thiol groups is 1. The maximum Gasteiger partial charge on any atom is 0.326 e. The van der Waals surface area contributed by atoms with Crippen molar-refractivity contribution in [3.05, 3.63) is 36.0 Å². The summed E-state index contributed by atoms with van der Waals surface area (Å²) in [7, 11) is 0. The molecule has 19 amide bonds. The van der Waals surface area contributed by atoms with Gasteiger partial charge in [0.25, 0.3) is 0 Å². The van der Waals surface area contributed by atoms with E-state index >= 15 is 0 Å². The van der Waals surface area contributed by atoms with Gasteiger partial charge in [-0.2, -0.15) is 12.6 Å². The van der Waals surface area contributed by atoms with E-state index in [0.29, 0.717) is 22.9 Å². The monoisotopic (exact) mass is 1730 g/mol. The number of H-pyrrole nitrogens is 1. The summed E-state index contributed by atoms with van der Waals surface area (Å²) in [5, 5.41) is 72.8. The van der Waals surface area contributed by atoms with Gasteiger partial charge in [0.05, 0.1) is 43.6 Å². The smallest absolute Gasteiger partial charge is 0.326 e. The van der Waals surface area contributed by atoms with Crippen molar-refractivity contribution in [3.63, 3.8) is 0 Å². The van der Waals surface area contributed by atoms with Crippen LogP contribution in [-0.2, 0) is 102 Å². The van der Waals surface area contributed by atoms with Crippen molar-refractivity contribution < 1.29 is 116 Å². The highest BCUT2D eigenvalue weighted by molar-refractivity contribution is 7.80. The van der Waals surface area contributed by atoms with Gasteiger partial charge in [-0.3, -0.25) is 91.1 Å². The van der Waals surface area contributed by atoms with Crippen LogP contribution in [0, 0.1) is 11.8 Å². The molecule has 0 radical (unpaired) electrons. The van der Waals surface area contributed by atoms with Gasteiger partial charge in [0.2, 0.25) is 112 Å². The van der Waals surface area contributed by atoms with Gasteiger partial charge < -0.3 is 140 Å². The lowest BCUT2D eigenvalue weighted by Gasteiger charge is -2.31. The highest BCUT2D eigenvalue weighted by atomic mass is 32.1. The lowest BCUT2D eigenvalue weighted by molar-refractivity contribution is -0.144. The average Bonchev–Trinajstić information content (AvgIpc) is 1.72. The molecule has 47 heteroatoms. The number of aliphatic hydroxyl groups excluding tert-OH is 3. The van der Waals surface area contributed by atoms with E-state index in [1.807, 2.05) is 5.32 Å². The SMILES string of the molecule is CC[C@H](C)[C@H](NC(=O)[C@H](CS)NC(=O)[C@@H](NC(=O)[C@H](Cc1c[nH]c2ccccc12)NC(=O)[C@@H](NC(=O)[C@H](C)N)[C@@H](C)O)[C@@H](C)O)C(=O)N[C@@H](CC(N)=O)C(=O)N[C@@H](CCC(N)=O)C(=O)N[C@@H](CCC(N)=O)C(=O)N[C@@H](CC(C)C)C(=O)N[C@@H](CC(N)=O)C(=O)N1CCC[C@H]1C(=O)N[C@@H](CCCCN)C(=O)N[C@H](C(=O)N[C@@H](CC(N)=O)C(=O)O)[C@@H](C)O. The number of carbonyl (C=O) groups is 20. The third-order valence-electron chi connectivity index (χ3n) is 19.4. The number of carboxylic acids is 1. The van der Waals surface area contributed by atoms with Gasteiger partial charge in [0.15, 0.2) is 0 Å². The second kappa shape index (κ2) is 50.4. The van der Waals surface area contributed by atoms with Gasteiger partial charge in [-0.1, -0.05) is 52.3 Å². The molecule has 2 aromatic rings. The number of likely N-dealkylation sites (tertiary alicyclic amines) is 1. The summed E-state index contributed by atoms with van der Waals surface area (Å²) in [6.07, 6.45) is -8.74. The van der Waals surface area contributed by atoms with Crippen LogP contribution in [0.1, 0.15) is 151 Å². The summed E-state index contributed by atoms with van der Waals surface area (Å²) in [4.78, 5) is 275. The molecule has 121 heavy (non-hydrogen) atoms. The number of benzene rings is 1. The summed E-state index contributed by atoms with van der Waals surface area (Å²) in [6, 6.07) is -18.7. The van der Waals surface area contributed by atoms with Crippen molar-refractivity contribution in [2.24, 2.45) is 52.0 Å². The van der Waals surface area contributed by atoms with Crippen molar-refractivity contribution in [1.29, 1.82) is 0 Å². The van der Waals surface area contributed by atoms with Gasteiger partial charge >= 0.3 is 5.97 Å². The molecule has 1 aliphatic heterocycles. The molecule has 0 unspecified atom stereocenters. The number of unbranched alkanes of at least 4 members (excludes halogenated alkanes) is 1. The fourth-order valence-electron chi connectivity index (χ4n) is 12.6. The Balaban J connectivity index is 1.93. The average molecular weight is 1730 g/mol. The van der Waals surface area contributed by atoms with Crippen molar-refractivity contribution in [3.8, 4) is 0 Å². The maximum absolute atomic E-state index is 14.6. The zero-order valence-corrected chi connectivity index (χ0v) is 69.4. The van der Waals surface area contributed by atoms with Gasteiger partial charge in [-0.25, -0.2) is 4.79 Å². The molecular weight excluding hydrogens is 1610 g/mol. The van der Waals surface area contributed by atoms with Crippen molar-refractivity contribution in [1.82, 2.24) is 79.0 Å². The lowest BCUT2D eigenvalue weighted by Crippen LogP contribution is -2.63. The third-order valence-corrected chi connectivity index (χ3v) is 19.8. The summed E-state index contributed by atoms with van der Waals surface area (Å²) >= 11 is 4.23. The number of nitrogens with two attached hydrogens (primary N) is 7. The molecule has 1 aromatic heterocycles. The van der Waals surface area contributed by atoms with E-state index in [0.717, 1.165) is 18.7 Å². The Morgan fingerprint density at radius 3 is 1.34 bits per heavy atom. The topological polar surface area (TPSA) is 780 Å². The Kier molecular flexibility index (Phi) is 43.1. The minimum absolute atomic E-state index is 0.0595. The molecule has 0 spiro atoms. The number of carboxylic acid groups (broad SMARTS) is 1. The number of nitrogens with zero attached hydrogens (tertiary/aromatic N) is 1. The van der Waals surface area contributed by atoms with Crippen molar-refractivity contribution in [2.45, 2.75) is 261 Å². The Hall–Kier alpha value is -11.7. The standard InChI is InChI=1S/C74H118N22O24S/c1-9-33(4)56(92-67(112)49(31-121)91-72(117)59(37(8)99)95-66(111)45(26-38-30-82-40-16-11-10-15-39(38)40)87-70(115)57(35(6)97)93-60(105)34(5)76)69(114)88-46(27-53(79)102)65(110)84-42(19-21-51(77)100)61(106)83-43(20-22-52(78)101)62(107)86-44(25-32(2)3)64(109)89-47(28-54(80)103)73(118)96-24-14-18-50(96)68(113)85-41(17-12-13-23-75)63(108)94-58(36(7)98)71(116)90-48(74(119)120)29-55(81)104/h10-11,15-16,30,32-37,41-50,56-59,82,97-99,121H,9,12-14,17-29,31,75-76H2,1-8H3,(H2,77,100)(H2,78,101)(H2,79,102)(H2,80,103)(H2,81,104)(H,83,106)(H,84,110)(H,85,113)(H,86,107)(H,87,115)(H,88,114)(H,89,109)(H,90,116)(H,91,117)(H,92,112)(H,93,105)(H,94,108)(H,95,111)(H,119,120)/t33-,34-,35+,36+,37+,41-,42-,43-,44-,45-,46-,47-,48-,49-,50-,56-,57-,58-,59-/m0/s1. The van der Waals surface area contributed by atoms with E-state index in [1.54, 1.807) is 51.2 Å². The number of hydrogen-bond donors (Lipinski definition) is 26. The molecule has 19 atom stereocenters. The molecule has 32 N–H and O–H groups in total. The first-order valence-corrected chi connectivity index (χ1v) is 39.9. The number of fused-ring (bicyclic) bond motifs is 1. The van der Waals surface area contributed by atoms with E-state index < -0.39 is 290 Å². The number of aromatic nitrogens is 1. The first-order chi connectivity index (χ1) is 56.7. The third kappa shape index (κ3) is 34.2. The fraction of sp³-hybridized carbons (Fsp3) is 0.622. The zero-order valence-electron chi connectivity index (χ0n) is 68.6. The highest BCUT2D eigenvalue weighted by Gasteiger charge is 2.44. The van der Waals surface area contributed by atoms with Crippen molar-refractivity contribution >= 4 is 142 Å². The molecular formula is C74H118N22O24S. The van der Waals surface area contributed by atoms with E-state index in [1.165, 1.54) is 20.8 Å². The lowest BCUT2D eigenvalue weighted by atomic mass is 9.97. The predicted octanol–water partition coefficient (Wildman–Crippen LogP) is -10.1. The first kappa shape index (κ1) is 103. The number of carbonyl (C=O) groups excluding carboxylic acids is 19. The number of primary amides is 5. The summed E-state index contributed by atoms with van der Waals surface area (Å²) in [6.45, 7) is 11.0. The van der Waals surface area contributed by atoms with Crippen LogP contribution in [-0.4, -0.2) is 276 Å². The van der Waals surface area contributed by atoms with Crippen LogP contribution in [0.2, 0.25) is 0 Å². The summed E-state index contributed by atoms with van der Waals surface area (Å²) in [5.74, 6) is -24.8. The van der Waals surface area contributed by atoms with Gasteiger partial charge in [0, 0.05) is 48.7 Å². The molecule has 0 saturated carbocycles. The van der Waals surface area contributed by atoms with Crippen LogP contribution in [0.25, 0.3) is 10.9 Å². The zero-order chi connectivity index (χ0) is 91.6. The predicted molar refractivity (Wildman–Crippen MR) is 432 cm³/mol. The van der Waals surface area contributed by atoms with Crippen LogP contribution in [0.5, 0.6) is 0 Å². The number of nitrogens with one attached hydrogen (secondary N) is 14. The van der Waals surface area contributed by atoms with Gasteiger partial charge in [-0.15, -0.1) is 0 Å². The largest absolute Gasteiger partial charge is 0.480 e. The van der Waals surface area contributed by atoms with E-state index in [4.69, 9.17) is 40.1 Å². The van der Waals surface area contributed by atoms with Crippen LogP contribution >= 0.6 is 12.6 Å². The molecule has 1 saturated heterocycles. The summed E-state index contributed by atoms with van der Waals surface area (Å²) in [5.41, 5.74) is 39.7.